The minimum Gasteiger partial charge on any atom is -0.324 e. The molecule has 0 bridgehead atoms. The number of hydrogen-bond donors (Lipinski definition) is 1. The zero-order chi connectivity index (χ0) is 17.2. The van der Waals surface area contributed by atoms with Crippen molar-refractivity contribution >= 4 is 23.4 Å². The second kappa shape index (κ2) is 6.39. The van der Waals surface area contributed by atoms with Gasteiger partial charge < -0.3 is 5.32 Å². The Bertz CT molecular complexity index is 627. The summed E-state index contributed by atoms with van der Waals surface area (Å²) in [4.78, 5) is 36.5. The lowest BCUT2D eigenvalue weighted by atomic mass is 10.1. The average Bonchev–Trinajstić information content (AvgIpc) is 2.80. The van der Waals surface area contributed by atoms with Crippen LogP contribution in [0.1, 0.15) is 31.7 Å². The smallest absolute Gasteiger partial charge is 0.324 e. The lowest BCUT2D eigenvalue weighted by Crippen LogP contribution is -2.46. The standard InChI is InChI=1S/C15H15F3N2O3/c1-2-11(20-12(21)6-7-13(20)22)14(23)19-10-5-3-4-9(8-10)15(16,17)18/h3-5,8,11H,2,6-7H2,1H3,(H,19,23). The first-order valence-corrected chi connectivity index (χ1v) is 7.07. The van der Waals surface area contributed by atoms with Crippen molar-refractivity contribution in [1.82, 2.24) is 4.90 Å². The summed E-state index contributed by atoms with van der Waals surface area (Å²) < 4.78 is 38.0. The first-order valence-electron chi connectivity index (χ1n) is 7.07. The molecule has 0 aromatic heterocycles. The molecule has 1 heterocycles. The summed E-state index contributed by atoms with van der Waals surface area (Å²) in [5.74, 6) is -1.57. The summed E-state index contributed by atoms with van der Waals surface area (Å²) in [7, 11) is 0. The normalized spacial score (nSPS) is 16.6. The first kappa shape index (κ1) is 17.0. The minimum absolute atomic E-state index is 0.0395. The van der Waals surface area contributed by atoms with Crippen LogP contribution >= 0.6 is 0 Å². The van der Waals surface area contributed by atoms with Gasteiger partial charge in [0.2, 0.25) is 17.7 Å². The van der Waals surface area contributed by atoms with Crippen LogP contribution in [0.3, 0.4) is 0 Å². The molecule has 0 saturated carbocycles. The Morgan fingerprint density at radius 1 is 1.26 bits per heavy atom. The SMILES string of the molecule is CCC(C(=O)Nc1cccc(C(F)(F)F)c1)N1C(=O)CCC1=O. The summed E-state index contributed by atoms with van der Waals surface area (Å²) >= 11 is 0. The second-order valence-electron chi connectivity index (χ2n) is 5.15. The van der Waals surface area contributed by atoms with Crippen LogP contribution in [0.15, 0.2) is 24.3 Å². The van der Waals surface area contributed by atoms with Gasteiger partial charge in [-0.15, -0.1) is 0 Å². The van der Waals surface area contributed by atoms with Crippen molar-refractivity contribution in [2.75, 3.05) is 5.32 Å². The Morgan fingerprint density at radius 3 is 2.39 bits per heavy atom. The molecule has 1 saturated heterocycles. The first-order chi connectivity index (χ1) is 10.7. The third-order valence-corrected chi connectivity index (χ3v) is 3.55. The lowest BCUT2D eigenvalue weighted by Gasteiger charge is -2.24. The fraction of sp³-hybridized carbons (Fsp3) is 0.400. The third kappa shape index (κ3) is 3.69. The van der Waals surface area contributed by atoms with E-state index in [9.17, 15) is 27.6 Å². The van der Waals surface area contributed by atoms with Gasteiger partial charge in [-0.25, -0.2) is 0 Å². The van der Waals surface area contributed by atoms with Crippen LogP contribution in [-0.4, -0.2) is 28.7 Å². The van der Waals surface area contributed by atoms with E-state index in [0.29, 0.717) is 0 Å². The van der Waals surface area contributed by atoms with Crippen molar-refractivity contribution in [3.63, 3.8) is 0 Å². The number of nitrogens with one attached hydrogen (secondary N) is 1. The number of hydrogen-bond acceptors (Lipinski definition) is 3. The van der Waals surface area contributed by atoms with Crippen LogP contribution in [0.4, 0.5) is 18.9 Å². The highest BCUT2D eigenvalue weighted by Crippen LogP contribution is 2.30. The molecule has 0 radical (unpaired) electrons. The number of carbonyl (C=O) groups excluding carboxylic acids is 3. The third-order valence-electron chi connectivity index (χ3n) is 3.55. The van der Waals surface area contributed by atoms with Gasteiger partial charge in [0.15, 0.2) is 0 Å². The molecule has 1 N–H and O–H groups in total. The quantitative estimate of drug-likeness (QED) is 0.864. The van der Waals surface area contributed by atoms with Gasteiger partial charge >= 0.3 is 6.18 Å². The Balaban J connectivity index is 2.17. The molecule has 5 nitrogen and oxygen atoms in total. The molecule has 23 heavy (non-hydrogen) atoms. The summed E-state index contributed by atoms with van der Waals surface area (Å²) in [5.41, 5.74) is -0.931. The number of amides is 3. The van der Waals surface area contributed by atoms with E-state index in [0.717, 1.165) is 17.0 Å². The minimum atomic E-state index is -4.52. The van der Waals surface area contributed by atoms with Gasteiger partial charge in [-0.1, -0.05) is 13.0 Å². The monoisotopic (exact) mass is 328 g/mol. The van der Waals surface area contributed by atoms with Crippen molar-refractivity contribution < 1.29 is 27.6 Å². The van der Waals surface area contributed by atoms with Gasteiger partial charge in [-0.3, -0.25) is 19.3 Å². The number of imide groups is 1. The van der Waals surface area contributed by atoms with Gasteiger partial charge in [0.25, 0.3) is 0 Å². The summed E-state index contributed by atoms with van der Waals surface area (Å²) in [6, 6.07) is 3.16. The highest BCUT2D eigenvalue weighted by Gasteiger charge is 2.38. The molecule has 124 valence electrons. The van der Waals surface area contributed by atoms with Crippen LogP contribution in [0.25, 0.3) is 0 Å². The molecule has 1 aliphatic heterocycles. The summed E-state index contributed by atoms with van der Waals surface area (Å²) in [6.45, 7) is 1.62. The molecular formula is C15H15F3N2O3. The Hall–Kier alpha value is -2.38. The highest BCUT2D eigenvalue weighted by atomic mass is 19.4. The predicted octanol–water partition coefficient (Wildman–Crippen LogP) is 2.57. The van der Waals surface area contributed by atoms with Crippen molar-refractivity contribution in [2.45, 2.75) is 38.4 Å². The molecule has 1 atom stereocenters. The Labute approximate surface area is 130 Å². The number of benzene rings is 1. The molecule has 2 rings (SSSR count). The van der Waals surface area contributed by atoms with Crippen molar-refractivity contribution in [1.29, 1.82) is 0 Å². The number of alkyl halides is 3. The van der Waals surface area contributed by atoms with Gasteiger partial charge in [0.1, 0.15) is 6.04 Å². The maximum atomic E-state index is 12.7. The molecule has 1 unspecified atom stereocenters. The van der Waals surface area contributed by atoms with Gasteiger partial charge in [0.05, 0.1) is 5.56 Å². The van der Waals surface area contributed by atoms with Crippen molar-refractivity contribution in [3.05, 3.63) is 29.8 Å². The number of halogens is 3. The fourth-order valence-corrected chi connectivity index (χ4v) is 2.43. The van der Waals surface area contributed by atoms with Crippen LogP contribution < -0.4 is 5.32 Å². The van der Waals surface area contributed by atoms with Crippen molar-refractivity contribution in [2.24, 2.45) is 0 Å². The molecule has 1 fully saturated rings. The van der Waals surface area contributed by atoms with E-state index in [1.54, 1.807) is 6.92 Å². The van der Waals surface area contributed by atoms with E-state index < -0.39 is 35.5 Å². The fourth-order valence-electron chi connectivity index (χ4n) is 2.43. The molecule has 0 aliphatic carbocycles. The Morgan fingerprint density at radius 2 is 1.87 bits per heavy atom. The Kier molecular flexibility index (Phi) is 4.72. The van der Waals surface area contributed by atoms with Gasteiger partial charge in [0, 0.05) is 18.5 Å². The zero-order valence-corrected chi connectivity index (χ0v) is 12.3. The summed E-state index contributed by atoms with van der Waals surface area (Å²) in [6.07, 6.45) is -4.24. The molecule has 0 spiro atoms. The largest absolute Gasteiger partial charge is 0.416 e. The van der Waals surface area contributed by atoms with Gasteiger partial charge in [-0.2, -0.15) is 13.2 Å². The van der Waals surface area contributed by atoms with Gasteiger partial charge in [-0.05, 0) is 24.6 Å². The molecule has 1 aromatic carbocycles. The number of anilines is 1. The van der Waals surface area contributed by atoms with Crippen LogP contribution in [0.2, 0.25) is 0 Å². The molecule has 3 amide bonds. The molecule has 1 aliphatic rings. The molecular weight excluding hydrogens is 313 g/mol. The van der Waals surface area contributed by atoms with E-state index >= 15 is 0 Å². The van der Waals surface area contributed by atoms with E-state index in [1.807, 2.05) is 0 Å². The predicted molar refractivity (Wildman–Crippen MR) is 75.2 cm³/mol. The number of nitrogens with zero attached hydrogens (tertiary/aromatic N) is 1. The van der Waals surface area contributed by atoms with E-state index in [2.05, 4.69) is 5.32 Å². The van der Waals surface area contributed by atoms with E-state index in [-0.39, 0.29) is 24.9 Å². The number of rotatable bonds is 4. The number of likely N-dealkylation sites (tertiary alicyclic amines) is 1. The maximum absolute atomic E-state index is 12.7. The molecule has 1 aromatic rings. The molecule has 8 heteroatoms. The van der Waals surface area contributed by atoms with Crippen LogP contribution in [0, 0.1) is 0 Å². The van der Waals surface area contributed by atoms with Crippen molar-refractivity contribution in [3.8, 4) is 0 Å². The summed E-state index contributed by atoms with van der Waals surface area (Å²) in [5, 5.41) is 2.34. The second-order valence-corrected chi connectivity index (χ2v) is 5.15. The highest BCUT2D eigenvalue weighted by molar-refractivity contribution is 6.07. The van der Waals surface area contributed by atoms with E-state index in [4.69, 9.17) is 0 Å². The van der Waals surface area contributed by atoms with E-state index in [1.165, 1.54) is 12.1 Å². The zero-order valence-electron chi connectivity index (χ0n) is 12.3. The topological polar surface area (TPSA) is 66.5 Å². The maximum Gasteiger partial charge on any atom is 0.416 e. The van der Waals surface area contributed by atoms with Crippen LogP contribution in [-0.2, 0) is 20.6 Å². The lowest BCUT2D eigenvalue weighted by molar-refractivity contribution is -0.145. The number of carbonyl (C=O) groups is 3. The average molecular weight is 328 g/mol. The van der Waals surface area contributed by atoms with Crippen LogP contribution in [0.5, 0.6) is 0 Å².